The lowest BCUT2D eigenvalue weighted by Gasteiger charge is -2.32. The predicted octanol–water partition coefficient (Wildman–Crippen LogP) is 5.69. The Morgan fingerprint density at radius 2 is 1.46 bits per heavy atom. The first-order valence-electron chi connectivity index (χ1n) is 9.91. The van der Waals surface area contributed by atoms with E-state index in [1.54, 1.807) is 0 Å². The van der Waals surface area contributed by atoms with E-state index in [1.807, 2.05) is 48.5 Å². The molecule has 0 saturated heterocycles. The molecule has 0 spiro atoms. The van der Waals surface area contributed by atoms with E-state index in [1.165, 1.54) is 0 Å². The first-order valence-corrected chi connectivity index (χ1v) is 10.7. The molecular weight excluding hydrogens is 393 g/mol. The summed E-state index contributed by atoms with van der Waals surface area (Å²) in [5, 5.41) is 15.1. The smallest absolute Gasteiger partial charge is 0.251 e. The van der Waals surface area contributed by atoms with Crippen molar-refractivity contribution in [3.63, 3.8) is 0 Å². The van der Waals surface area contributed by atoms with Crippen molar-refractivity contribution in [2.24, 2.45) is 0 Å². The van der Waals surface area contributed by atoms with Crippen molar-refractivity contribution < 1.29 is 9.90 Å². The number of benzene rings is 2. The molecule has 1 fully saturated rings. The molecule has 0 bridgehead atoms. The molecule has 2 aromatic carbocycles. The molecule has 2 aromatic rings. The first kappa shape index (κ1) is 21.2. The van der Waals surface area contributed by atoms with E-state index < -0.39 is 5.60 Å². The molecule has 2 N–H and O–H groups in total. The van der Waals surface area contributed by atoms with Gasteiger partial charge in [0, 0.05) is 22.5 Å². The molecule has 0 aromatic heterocycles. The maximum atomic E-state index is 12.7. The van der Waals surface area contributed by atoms with Gasteiger partial charge in [-0.1, -0.05) is 73.7 Å². The zero-order valence-corrected chi connectivity index (χ0v) is 17.6. The zero-order chi connectivity index (χ0) is 20.1. The van der Waals surface area contributed by atoms with Gasteiger partial charge in [-0.25, -0.2) is 0 Å². The molecule has 150 valence electrons. The van der Waals surface area contributed by atoms with E-state index in [0.29, 0.717) is 29.4 Å². The Hall–Kier alpha value is -1.55. The standard InChI is InChI=1S/C23H27Cl2NO2/c1-16(17-5-9-19(24)10-6-17)21(18-7-11-20(25)12-8-18)15-26-22(27)23(28)13-3-2-4-14-23/h5-12,16,21,28H,2-4,13-15H2,1H3,(H,26,27). The zero-order valence-electron chi connectivity index (χ0n) is 16.1. The highest BCUT2D eigenvalue weighted by Crippen LogP contribution is 2.34. The van der Waals surface area contributed by atoms with Crippen molar-refractivity contribution in [1.82, 2.24) is 5.32 Å². The average molecular weight is 420 g/mol. The fourth-order valence-electron chi connectivity index (χ4n) is 4.02. The molecule has 28 heavy (non-hydrogen) atoms. The second-order valence-corrected chi connectivity index (χ2v) is 8.67. The molecule has 0 heterocycles. The van der Waals surface area contributed by atoms with Crippen LogP contribution in [0.25, 0.3) is 0 Å². The average Bonchev–Trinajstić information content (AvgIpc) is 2.70. The van der Waals surface area contributed by atoms with E-state index in [9.17, 15) is 9.90 Å². The predicted molar refractivity (Wildman–Crippen MR) is 115 cm³/mol. The SMILES string of the molecule is CC(c1ccc(Cl)cc1)C(CNC(=O)C1(O)CCCCC1)c1ccc(Cl)cc1. The summed E-state index contributed by atoms with van der Waals surface area (Å²) in [7, 11) is 0. The second-order valence-electron chi connectivity index (χ2n) is 7.80. The van der Waals surface area contributed by atoms with Gasteiger partial charge in [0.15, 0.2) is 0 Å². The number of rotatable bonds is 6. The molecule has 1 aliphatic rings. The molecular formula is C23H27Cl2NO2. The summed E-state index contributed by atoms with van der Waals surface area (Å²) < 4.78 is 0. The summed E-state index contributed by atoms with van der Waals surface area (Å²) in [5.74, 6) is -0.0520. The molecule has 2 atom stereocenters. The van der Waals surface area contributed by atoms with Crippen molar-refractivity contribution >= 4 is 29.1 Å². The van der Waals surface area contributed by atoms with E-state index in [0.717, 1.165) is 30.4 Å². The lowest BCUT2D eigenvalue weighted by atomic mass is 9.81. The Balaban J connectivity index is 1.78. The van der Waals surface area contributed by atoms with E-state index in [2.05, 4.69) is 12.2 Å². The van der Waals surface area contributed by atoms with Gasteiger partial charge in [0.2, 0.25) is 0 Å². The topological polar surface area (TPSA) is 49.3 Å². The summed E-state index contributed by atoms with van der Waals surface area (Å²) in [6, 6.07) is 15.6. The number of nitrogens with one attached hydrogen (secondary N) is 1. The number of amides is 1. The van der Waals surface area contributed by atoms with Crippen LogP contribution < -0.4 is 5.32 Å². The molecule has 1 saturated carbocycles. The minimum Gasteiger partial charge on any atom is -0.380 e. The van der Waals surface area contributed by atoms with E-state index in [4.69, 9.17) is 23.2 Å². The van der Waals surface area contributed by atoms with Crippen LogP contribution in [0.15, 0.2) is 48.5 Å². The van der Waals surface area contributed by atoms with Crippen molar-refractivity contribution in [3.05, 3.63) is 69.7 Å². The highest BCUT2D eigenvalue weighted by Gasteiger charge is 2.37. The Kier molecular flexibility index (Phi) is 7.03. The van der Waals surface area contributed by atoms with Gasteiger partial charge in [0.1, 0.15) is 5.60 Å². The molecule has 5 heteroatoms. The number of halogens is 2. The van der Waals surface area contributed by atoms with Gasteiger partial charge in [-0.2, -0.15) is 0 Å². The number of hydrogen-bond donors (Lipinski definition) is 2. The molecule has 0 aliphatic heterocycles. The molecule has 2 unspecified atom stereocenters. The maximum Gasteiger partial charge on any atom is 0.251 e. The van der Waals surface area contributed by atoms with Crippen LogP contribution in [0.5, 0.6) is 0 Å². The van der Waals surface area contributed by atoms with Gasteiger partial charge in [-0.3, -0.25) is 4.79 Å². The summed E-state index contributed by atoms with van der Waals surface area (Å²) in [6.45, 7) is 2.59. The van der Waals surface area contributed by atoms with Gasteiger partial charge in [-0.15, -0.1) is 0 Å². The van der Waals surface area contributed by atoms with Crippen LogP contribution in [0.1, 0.15) is 62.0 Å². The normalized spacial score (nSPS) is 18.3. The highest BCUT2D eigenvalue weighted by atomic mass is 35.5. The summed E-state index contributed by atoms with van der Waals surface area (Å²) >= 11 is 12.1. The first-order chi connectivity index (χ1) is 13.4. The lowest BCUT2D eigenvalue weighted by molar-refractivity contribution is -0.143. The quantitative estimate of drug-likeness (QED) is 0.631. The molecule has 0 radical (unpaired) electrons. The Morgan fingerprint density at radius 3 is 2.00 bits per heavy atom. The van der Waals surface area contributed by atoms with Crippen LogP contribution in [0.4, 0.5) is 0 Å². The van der Waals surface area contributed by atoms with Crippen LogP contribution in [-0.4, -0.2) is 23.2 Å². The van der Waals surface area contributed by atoms with Crippen molar-refractivity contribution in [2.75, 3.05) is 6.54 Å². The number of carbonyl (C=O) groups excluding carboxylic acids is 1. The van der Waals surface area contributed by atoms with Crippen LogP contribution in [0, 0.1) is 0 Å². The molecule has 1 amide bonds. The van der Waals surface area contributed by atoms with Crippen molar-refractivity contribution in [2.45, 2.75) is 56.5 Å². The fraction of sp³-hybridized carbons (Fsp3) is 0.435. The lowest BCUT2D eigenvalue weighted by Crippen LogP contribution is -2.49. The third-order valence-electron chi connectivity index (χ3n) is 5.88. The molecule has 3 nitrogen and oxygen atoms in total. The highest BCUT2D eigenvalue weighted by molar-refractivity contribution is 6.30. The number of aliphatic hydroxyl groups is 1. The minimum absolute atomic E-state index is 0.0505. The van der Waals surface area contributed by atoms with Gasteiger partial charge < -0.3 is 10.4 Å². The van der Waals surface area contributed by atoms with Gasteiger partial charge >= 0.3 is 0 Å². The van der Waals surface area contributed by atoms with Gasteiger partial charge in [-0.05, 0) is 54.2 Å². The van der Waals surface area contributed by atoms with Gasteiger partial charge in [0.25, 0.3) is 5.91 Å². The third-order valence-corrected chi connectivity index (χ3v) is 6.39. The maximum absolute atomic E-state index is 12.7. The van der Waals surface area contributed by atoms with E-state index >= 15 is 0 Å². The van der Waals surface area contributed by atoms with Crippen molar-refractivity contribution in [3.8, 4) is 0 Å². The minimum atomic E-state index is -1.23. The second kappa shape index (κ2) is 9.30. The van der Waals surface area contributed by atoms with Crippen LogP contribution in [-0.2, 0) is 4.79 Å². The number of hydrogen-bond acceptors (Lipinski definition) is 2. The monoisotopic (exact) mass is 419 g/mol. The number of carbonyl (C=O) groups is 1. The largest absolute Gasteiger partial charge is 0.380 e. The van der Waals surface area contributed by atoms with Crippen LogP contribution in [0.2, 0.25) is 10.0 Å². The molecule has 1 aliphatic carbocycles. The third kappa shape index (κ3) is 5.08. The summed E-state index contributed by atoms with van der Waals surface area (Å²) in [5.41, 5.74) is 1.02. The van der Waals surface area contributed by atoms with Crippen molar-refractivity contribution in [1.29, 1.82) is 0 Å². The Bertz CT molecular complexity index is 783. The Morgan fingerprint density at radius 1 is 0.964 bits per heavy atom. The Labute approximate surface area is 177 Å². The van der Waals surface area contributed by atoms with E-state index in [-0.39, 0.29) is 17.7 Å². The summed E-state index contributed by atoms with van der Waals surface area (Å²) in [4.78, 5) is 12.7. The fourth-order valence-corrected chi connectivity index (χ4v) is 4.27. The van der Waals surface area contributed by atoms with Crippen LogP contribution in [0.3, 0.4) is 0 Å². The molecule has 3 rings (SSSR count). The summed E-state index contributed by atoms with van der Waals surface area (Å²) in [6.07, 6.45) is 3.95. The van der Waals surface area contributed by atoms with Crippen LogP contribution >= 0.6 is 23.2 Å². The van der Waals surface area contributed by atoms with Gasteiger partial charge in [0.05, 0.1) is 0 Å².